The number of rotatable bonds is 1. The quantitative estimate of drug-likeness (QED) is 0.605. The summed E-state index contributed by atoms with van der Waals surface area (Å²) in [5, 5.41) is 9.53. The molecule has 0 aliphatic heterocycles. The van der Waals surface area contributed by atoms with Crippen molar-refractivity contribution in [1.82, 2.24) is 0 Å². The van der Waals surface area contributed by atoms with Crippen molar-refractivity contribution < 1.29 is 18.1 Å². The van der Waals surface area contributed by atoms with Crippen LogP contribution in [0.25, 0.3) is 0 Å². The summed E-state index contributed by atoms with van der Waals surface area (Å²) in [5.41, 5.74) is -0.204. The maximum Gasteiger partial charge on any atom is 0.294 e. The second kappa shape index (κ2) is 2.43. The molecule has 0 saturated heterocycles. The molecular weight excluding hydrogens is 180 g/mol. The predicted octanol–water partition coefficient (Wildman–Crippen LogP) is 0.773. The molecule has 1 aliphatic rings. The third-order valence-corrected chi connectivity index (χ3v) is 3.74. The first-order valence-corrected chi connectivity index (χ1v) is 5.30. The van der Waals surface area contributed by atoms with Gasteiger partial charge in [-0.2, -0.15) is 8.42 Å². The van der Waals surface area contributed by atoms with Gasteiger partial charge in [0.15, 0.2) is 4.93 Å². The second-order valence-corrected chi connectivity index (χ2v) is 5.97. The molecule has 0 aromatic heterocycles. The van der Waals surface area contributed by atoms with Crippen LogP contribution in [0.4, 0.5) is 0 Å². The standard InChI is InChI=1S/C7H14O4S/c1-6(2)3-4-7(8,5-6)12(9,10)11/h8H,3-5H2,1-2H3,(H,9,10,11). The Morgan fingerprint density at radius 3 is 1.92 bits per heavy atom. The third kappa shape index (κ3) is 1.62. The van der Waals surface area contributed by atoms with Crippen molar-refractivity contribution in [1.29, 1.82) is 0 Å². The Hall–Kier alpha value is -0.130. The summed E-state index contributed by atoms with van der Waals surface area (Å²) in [6.07, 6.45) is 0.848. The summed E-state index contributed by atoms with van der Waals surface area (Å²) in [5.74, 6) is 0. The van der Waals surface area contributed by atoms with Gasteiger partial charge >= 0.3 is 0 Å². The molecule has 0 aromatic rings. The van der Waals surface area contributed by atoms with Crippen molar-refractivity contribution in [2.45, 2.75) is 38.0 Å². The maximum absolute atomic E-state index is 10.7. The second-order valence-electron chi connectivity index (χ2n) is 4.26. The highest BCUT2D eigenvalue weighted by Crippen LogP contribution is 2.45. The summed E-state index contributed by atoms with van der Waals surface area (Å²) < 4.78 is 30.2. The lowest BCUT2D eigenvalue weighted by Gasteiger charge is -2.21. The van der Waals surface area contributed by atoms with Crippen molar-refractivity contribution in [2.24, 2.45) is 5.41 Å². The molecule has 5 heteroatoms. The molecule has 1 aliphatic carbocycles. The topological polar surface area (TPSA) is 74.6 Å². The van der Waals surface area contributed by atoms with Crippen molar-refractivity contribution in [3.05, 3.63) is 0 Å². The number of hydrogen-bond donors (Lipinski definition) is 2. The lowest BCUT2D eigenvalue weighted by atomic mass is 9.92. The highest BCUT2D eigenvalue weighted by Gasteiger charge is 2.50. The molecule has 2 N–H and O–H groups in total. The van der Waals surface area contributed by atoms with E-state index in [1.54, 1.807) is 0 Å². The normalized spacial score (nSPS) is 35.3. The van der Waals surface area contributed by atoms with Crippen LogP contribution in [-0.2, 0) is 10.1 Å². The molecule has 1 unspecified atom stereocenters. The molecule has 0 aromatic carbocycles. The largest absolute Gasteiger partial charge is 0.372 e. The fraction of sp³-hybridized carbons (Fsp3) is 1.00. The van der Waals surface area contributed by atoms with Gasteiger partial charge in [-0.05, 0) is 24.7 Å². The minimum Gasteiger partial charge on any atom is -0.372 e. The van der Waals surface area contributed by atoms with E-state index in [-0.39, 0.29) is 18.3 Å². The average molecular weight is 194 g/mol. The first-order chi connectivity index (χ1) is 5.16. The Morgan fingerprint density at radius 1 is 1.25 bits per heavy atom. The van der Waals surface area contributed by atoms with Gasteiger partial charge in [0, 0.05) is 0 Å². The van der Waals surface area contributed by atoms with Gasteiger partial charge in [-0.15, -0.1) is 0 Å². The molecule has 0 bridgehead atoms. The zero-order valence-electron chi connectivity index (χ0n) is 7.24. The smallest absolute Gasteiger partial charge is 0.294 e. The molecule has 1 atom stereocenters. The van der Waals surface area contributed by atoms with Crippen LogP contribution in [-0.4, -0.2) is 23.0 Å². The SMILES string of the molecule is CC1(C)CCC(O)(S(=O)(=O)O)C1. The molecule has 4 nitrogen and oxygen atoms in total. The monoisotopic (exact) mass is 194 g/mol. The van der Waals surface area contributed by atoms with Gasteiger partial charge in [0.25, 0.3) is 10.1 Å². The van der Waals surface area contributed by atoms with E-state index in [4.69, 9.17) is 4.55 Å². The molecule has 1 saturated carbocycles. The maximum atomic E-state index is 10.7. The molecule has 72 valence electrons. The van der Waals surface area contributed by atoms with E-state index in [1.807, 2.05) is 13.8 Å². The van der Waals surface area contributed by atoms with Gasteiger partial charge in [0.05, 0.1) is 0 Å². The highest BCUT2D eigenvalue weighted by atomic mass is 32.2. The molecule has 1 fully saturated rings. The van der Waals surface area contributed by atoms with Gasteiger partial charge < -0.3 is 5.11 Å². The van der Waals surface area contributed by atoms with Crippen LogP contribution in [0.15, 0.2) is 0 Å². The Morgan fingerprint density at radius 2 is 1.75 bits per heavy atom. The highest BCUT2D eigenvalue weighted by molar-refractivity contribution is 7.87. The summed E-state index contributed by atoms with van der Waals surface area (Å²) in [7, 11) is -4.32. The Bertz CT molecular complexity index is 280. The molecule has 0 spiro atoms. The lowest BCUT2D eigenvalue weighted by molar-refractivity contribution is 0.108. The first kappa shape index (κ1) is 9.95. The van der Waals surface area contributed by atoms with Crippen LogP contribution >= 0.6 is 0 Å². The van der Waals surface area contributed by atoms with Gasteiger partial charge in [0.1, 0.15) is 0 Å². The minimum absolute atomic E-state index is 0.110. The average Bonchev–Trinajstić information content (AvgIpc) is 2.05. The van der Waals surface area contributed by atoms with Crippen LogP contribution in [0.3, 0.4) is 0 Å². The van der Waals surface area contributed by atoms with E-state index in [0.29, 0.717) is 6.42 Å². The van der Waals surface area contributed by atoms with Crippen molar-refractivity contribution in [3.8, 4) is 0 Å². The van der Waals surface area contributed by atoms with E-state index >= 15 is 0 Å². The van der Waals surface area contributed by atoms with Gasteiger partial charge in [-0.25, -0.2) is 0 Å². The van der Waals surface area contributed by atoms with Gasteiger partial charge in [-0.3, -0.25) is 4.55 Å². The van der Waals surface area contributed by atoms with Gasteiger partial charge in [0.2, 0.25) is 0 Å². The number of aliphatic hydroxyl groups is 1. The summed E-state index contributed by atoms with van der Waals surface area (Å²) in [4.78, 5) is -1.91. The van der Waals surface area contributed by atoms with E-state index in [9.17, 15) is 13.5 Å². The molecule has 0 heterocycles. The Labute approximate surface area is 72.3 Å². The summed E-state index contributed by atoms with van der Waals surface area (Å²) in [6, 6.07) is 0. The van der Waals surface area contributed by atoms with Crippen molar-refractivity contribution >= 4 is 10.1 Å². The summed E-state index contributed by atoms with van der Waals surface area (Å²) in [6.45, 7) is 3.74. The van der Waals surface area contributed by atoms with Crippen LogP contribution in [0, 0.1) is 5.41 Å². The zero-order valence-corrected chi connectivity index (χ0v) is 8.06. The molecule has 12 heavy (non-hydrogen) atoms. The van der Waals surface area contributed by atoms with Crippen LogP contribution in [0.2, 0.25) is 0 Å². The van der Waals surface area contributed by atoms with Crippen molar-refractivity contribution in [3.63, 3.8) is 0 Å². The third-order valence-electron chi connectivity index (χ3n) is 2.43. The predicted molar refractivity (Wildman–Crippen MR) is 44.1 cm³/mol. The molecular formula is C7H14O4S. The lowest BCUT2D eigenvalue weighted by Crippen LogP contribution is -2.35. The molecule has 1 rings (SSSR count). The fourth-order valence-corrected chi connectivity index (χ4v) is 2.61. The Kier molecular flexibility index (Phi) is 2.02. The van der Waals surface area contributed by atoms with Crippen LogP contribution in [0.1, 0.15) is 33.1 Å². The molecule has 0 amide bonds. The number of hydrogen-bond acceptors (Lipinski definition) is 3. The van der Waals surface area contributed by atoms with Crippen molar-refractivity contribution in [2.75, 3.05) is 0 Å². The van der Waals surface area contributed by atoms with Gasteiger partial charge in [-0.1, -0.05) is 13.8 Å². The van der Waals surface area contributed by atoms with E-state index in [0.717, 1.165) is 0 Å². The minimum atomic E-state index is -4.32. The van der Waals surface area contributed by atoms with Crippen LogP contribution < -0.4 is 0 Å². The van der Waals surface area contributed by atoms with Crippen LogP contribution in [0.5, 0.6) is 0 Å². The summed E-state index contributed by atoms with van der Waals surface area (Å²) >= 11 is 0. The van der Waals surface area contributed by atoms with E-state index in [1.165, 1.54) is 0 Å². The Balaban J connectivity index is 2.94. The molecule has 0 radical (unpaired) electrons. The zero-order chi connectivity index (χ0) is 9.62. The first-order valence-electron chi connectivity index (χ1n) is 3.86. The van der Waals surface area contributed by atoms with E-state index < -0.39 is 15.1 Å². The fourth-order valence-electron chi connectivity index (χ4n) is 1.68. The van der Waals surface area contributed by atoms with E-state index in [2.05, 4.69) is 0 Å².